The molecule has 9 aromatic carbocycles. The van der Waals surface area contributed by atoms with Crippen LogP contribution in [0, 0.1) is 0 Å². The molecule has 0 aliphatic rings. The molecule has 13 rings (SSSR count). The predicted octanol–water partition coefficient (Wildman–Crippen LogP) is 14.6. The number of rotatable bonds is 6. The molecule has 0 aliphatic carbocycles. The molecule has 0 fully saturated rings. The smallest absolute Gasteiger partial charge is 0.238 e. The third kappa shape index (κ3) is 5.48. The van der Waals surface area contributed by atoms with Crippen molar-refractivity contribution in [3.8, 4) is 56.7 Å². The van der Waals surface area contributed by atoms with Gasteiger partial charge in [0.25, 0.3) is 0 Å². The molecule has 6 heteroatoms. The van der Waals surface area contributed by atoms with Crippen LogP contribution >= 0.6 is 0 Å². The third-order valence-corrected chi connectivity index (χ3v) is 12.4. The fourth-order valence-electron chi connectivity index (χ4n) is 9.63. The average molecular weight is 806 g/mol. The summed E-state index contributed by atoms with van der Waals surface area (Å²) in [4.78, 5) is 15.9. The number of aromatic nitrogens is 5. The van der Waals surface area contributed by atoms with Crippen LogP contribution in [0.15, 0.2) is 217 Å². The highest BCUT2D eigenvalue weighted by molar-refractivity contribution is 6.26. The maximum Gasteiger partial charge on any atom is 0.238 e. The first-order chi connectivity index (χ1) is 31.3. The zero-order valence-electron chi connectivity index (χ0n) is 33.9. The van der Waals surface area contributed by atoms with Crippen molar-refractivity contribution in [1.82, 2.24) is 24.1 Å². The number of nitrogens with zero attached hydrogens (tertiary/aromatic N) is 5. The summed E-state index contributed by atoms with van der Waals surface area (Å²) in [5, 5.41) is 6.58. The van der Waals surface area contributed by atoms with Gasteiger partial charge in [0.15, 0.2) is 11.6 Å². The molecule has 6 nitrogen and oxygen atoms in total. The van der Waals surface area contributed by atoms with E-state index in [2.05, 4.69) is 173 Å². The largest absolute Gasteiger partial charge is 0.456 e. The van der Waals surface area contributed by atoms with Gasteiger partial charge in [-0.1, -0.05) is 170 Å². The molecule has 0 saturated heterocycles. The van der Waals surface area contributed by atoms with E-state index in [-0.39, 0.29) is 0 Å². The highest BCUT2D eigenvalue weighted by Crippen LogP contribution is 2.44. The number of hydrogen-bond donors (Lipinski definition) is 0. The molecule has 0 bridgehead atoms. The van der Waals surface area contributed by atoms with Gasteiger partial charge in [-0.3, -0.25) is 4.57 Å². The lowest BCUT2D eigenvalue weighted by atomic mass is 9.97. The SMILES string of the molecule is c1ccc(-c2ccc(-n3c4ccccc4c4ccc5c(c6ccccc6n5-c5nc(-c6ccccc6)nc(-c6cccc7oc8ccccc8c67)n5)c43)c(-c3ccccc3)c2)cc1. The number of fused-ring (bicyclic) bond motifs is 10. The van der Waals surface area contributed by atoms with Gasteiger partial charge in [-0.25, -0.2) is 4.98 Å². The van der Waals surface area contributed by atoms with Crippen molar-refractivity contribution in [2.24, 2.45) is 0 Å². The maximum atomic E-state index is 6.35. The van der Waals surface area contributed by atoms with Crippen LogP contribution in [0.3, 0.4) is 0 Å². The second-order valence-electron chi connectivity index (χ2n) is 16.0. The van der Waals surface area contributed by atoms with E-state index in [0.717, 1.165) is 82.7 Å². The predicted molar refractivity (Wildman–Crippen MR) is 258 cm³/mol. The molecule has 0 unspecified atom stereocenters. The van der Waals surface area contributed by atoms with Crippen molar-refractivity contribution in [2.75, 3.05) is 0 Å². The lowest BCUT2D eigenvalue weighted by Crippen LogP contribution is -2.06. The second kappa shape index (κ2) is 14.0. The average Bonchev–Trinajstić information content (AvgIpc) is 4.02. The Labute approximate surface area is 361 Å². The van der Waals surface area contributed by atoms with Crippen LogP contribution in [-0.2, 0) is 0 Å². The van der Waals surface area contributed by atoms with Crippen molar-refractivity contribution in [2.45, 2.75) is 0 Å². The molecule has 4 heterocycles. The van der Waals surface area contributed by atoms with Gasteiger partial charge in [0, 0.05) is 49.0 Å². The number of hydrogen-bond acceptors (Lipinski definition) is 4. The van der Waals surface area contributed by atoms with Crippen LogP contribution in [0.25, 0.3) is 122 Å². The summed E-state index contributed by atoms with van der Waals surface area (Å²) in [7, 11) is 0. The highest BCUT2D eigenvalue weighted by atomic mass is 16.3. The molecule has 4 aromatic heterocycles. The van der Waals surface area contributed by atoms with Crippen LogP contribution in [-0.4, -0.2) is 24.1 Å². The summed E-state index contributed by atoms with van der Waals surface area (Å²) < 4.78 is 11.0. The topological polar surface area (TPSA) is 61.7 Å². The molecule has 63 heavy (non-hydrogen) atoms. The summed E-state index contributed by atoms with van der Waals surface area (Å²) in [5.74, 6) is 1.70. The fraction of sp³-hybridized carbons (Fsp3) is 0. The van der Waals surface area contributed by atoms with Gasteiger partial charge in [-0.15, -0.1) is 0 Å². The molecule has 13 aromatic rings. The summed E-state index contributed by atoms with van der Waals surface area (Å²) >= 11 is 0. The molecular formula is C57H35N5O. The second-order valence-corrected chi connectivity index (χ2v) is 16.0. The molecule has 0 N–H and O–H groups in total. The summed E-state index contributed by atoms with van der Waals surface area (Å²) in [6.45, 7) is 0. The van der Waals surface area contributed by atoms with Crippen LogP contribution in [0.1, 0.15) is 0 Å². The van der Waals surface area contributed by atoms with Gasteiger partial charge < -0.3 is 8.98 Å². The Balaban J connectivity index is 1.13. The van der Waals surface area contributed by atoms with E-state index in [1.165, 1.54) is 21.9 Å². The van der Waals surface area contributed by atoms with Crippen LogP contribution in [0.4, 0.5) is 0 Å². The molecule has 0 saturated carbocycles. The van der Waals surface area contributed by atoms with Gasteiger partial charge in [-0.05, 0) is 59.2 Å². The monoisotopic (exact) mass is 805 g/mol. The van der Waals surface area contributed by atoms with Crippen LogP contribution in [0.5, 0.6) is 0 Å². The van der Waals surface area contributed by atoms with E-state index in [4.69, 9.17) is 19.4 Å². The van der Waals surface area contributed by atoms with E-state index >= 15 is 0 Å². The highest BCUT2D eigenvalue weighted by Gasteiger charge is 2.25. The van der Waals surface area contributed by atoms with Crippen molar-refractivity contribution in [3.63, 3.8) is 0 Å². The standard InChI is InChI=1S/C57H35N5O/c1-4-17-36(18-5-1)39-31-33-48(45(35-39)37-19-6-2-7-20-37)61-46-27-13-10-23-40(46)41-32-34-49-53(54(41)61)42-24-11-14-28-47(42)62(49)57-59-55(38-21-8-3-9-22-38)58-56(60-57)44-26-16-30-51-52(44)43-25-12-15-29-50(43)63-51/h1-35H. The molecule has 0 radical (unpaired) electrons. The minimum atomic E-state index is 0.536. The van der Waals surface area contributed by atoms with Crippen molar-refractivity contribution >= 4 is 65.6 Å². The zero-order valence-corrected chi connectivity index (χ0v) is 33.9. The van der Waals surface area contributed by atoms with Gasteiger partial charge >= 0.3 is 0 Å². The van der Waals surface area contributed by atoms with Crippen molar-refractivity contribution in [3.05, 3.63) is 212 Å². The lowest BCUT2D eigenvalue weighted by Gasteiger charge is -2.17. The van der Waals surface area contributed by atoms with Gasteiger partial charge in [0.05, 0.1) is 27.8 Å². The Morgan fingerprint density at radius 3 is 1.73 bits per heavy atom. The molecule has 0 aliphatic heterocycles. The lowest BCUT2D eigenvalue weighted by molar-refractivity contribution is 0.669. The van der Waals surface area contributed by atoms with Gasteiger partial charge in [0.2, 0.25) is 5.95 Å². The van der Waals surface area contributed by atoms with Crippen molar-refractivity contribution in [1.29, 1.82) is 0 Å². The van der Waals surface area contributed by atoms with E-state index in [9.17, 15) is 0 Å². The third-order valence-electron chi connectivity index (χ3n) is 12.4. The molecule has 0 spiro atoms. The zero-order chi connectivity index (χ0) is 41.4. The maximum absolute atomic E-state index is 6.35. The Bertz CT molecular complexity index is 3900. The quantitative estimate of drug-likeness (QED) is 0.168. The first kappa shape index (κ1) is 35.2. The normalized spacial score (nSPS) is 11.8. The van der Waals surface area contributed by atoms with Gasteiger partial charge in [0.1, 0.15) is 11.2 Å². The van der Waals surface area contributed by atoms with E-state index in [0.29, 0.717) is 17.6 Å². The Kier molecular flexibility index (Phi) is 7.80. The molecule has 294 valence electrons. The van der Waals surface area contributed by atoms with Crippen LogP contribution < -0.4 is 0 Å². The Morgan fingerprint density at radius 1 is 0.333 bits per heavy atom. The molecule has 0 atom stereocenters. The Morgan fingerprint density at radius 2 is 0.952 bits per heavy atom. The summed E-state index contributed by atoms with van der Waals surface area (Å²) in [6, 6.07) is 74.5. The molecule has 0 amide bonds. The summed E-state index contributed by atoms with van der Waals surface area (Å²) in [5.41, 5.74) is 13.4. The Hall–Kier alpha value is -8.61. The first-order valence-corrected chi connectivity index (χ1v) is 21.2. The van der Waals surface area contributed by atoms with E-state index in [1.807, 2.05) is 48.5 Å². The fourth-order valence-corrected chi connectivity index (χ4v) is 9.63. The van der Waals surface area contributed by atoms with Crippen molar-refractivity contribution < 1.29 is 4.42 Å². The minimum Gasteiger partial charge on any atom is -0.456 e. The van der Waals surface area contributed by atoms with E-state index in [1.54, 1.807) is 0 Å². The first-order valence-electron chi connectivity index (χ1n) is 21.2. The van der Waals surface area contributed by atoms with Gasteiger partial charge in [-0.2, -0.15) is 9.97 Å². The van der Waals surface area contributed by atoms with E-state index < -0.39 is 0 Å². The van der Waals surface area contributed by atoms with Crippen LogP contribution in [0.2, 0.25) is 0 Å². The molecular weight excluding hydrogens is 771 g/mol. The number of furan rings is 1. The summed E-state index contributed by atoms with van der Waals surface area (Å²) in [6.07, 6.45) is 0. The minimum absolute atomic E-state index is 0.536. The number of para-hydroxylation sites is 3. The number of benzene rings is 9.